The van der Waals surface area contributed by atoms with Gasteiger partial charge in [-0.05, 0) is 49.2 Å². The van der Waals surface area contributed by atoms with E-state index in [1.807, 2.05) is 16.7 Å². The van der Waals surface area contributed by atoms with Crippen LogP contribution in [0.15, 0.2) is 36.7 Å². The van der Waals surface area contributed by atoms with Crippen LogP contribution in [0, 0.1) is 13.8 Å². The number of pyridine rings is 1. The first kappa shape index (κ1) is 11.2. The second kappa shape index (κ2) is 4.10. The maximum Gasteiger partial charge on any atom is 0.140 e. The first-order chi connectivity index (χ1) is 8.65. The van der Waals surface area contributed by atoms with Gasteiger partial charge >= 0.3 is 0 Å². The van der Waals surface area contributed by atoms with Crippen molar-refractivity contribution in [1.82, 2.24) is 14.5 Å². The molecule has 0 saturated carbocycles. The van der Waals surface area contributed by atoms with Crippen molar-refractivity contribution in [3.8, 4) is 5.82 Å². The Bertz CT molecular complexity index is 731. The Hall–Kier alpha value is -1.87. The van der Waals surface area contributed by atoms with Gasteiger partial charge in [-0.25, -0.2) is 9.97 Å². The molecular formula is C14H12ClN3. The van der Waals surface area contributed by atoms with E-state index < -0.39 is 0 Å². The lowest BCUT2D eigenvalue weighted by Crippen LogP contribution is -1.96. The molecule has 0 bridgehead atoms. The average molecular weight is 258 g/mol. The Morgan fingerprint density at radius 2 is 1.89 bits per heavy atom. The molecule has 2 heterocycles. The van der Waals surface area contributed by atoms with E-state index >= 15 is 0 Å². The maximum atomic E-state index is 5.92. The summed E-state index contributed by atoms with van der Waals surface area (Å²) in [6.45, 7) is 4.18. The molecule has 3 rings (SSSR count). The molecule has 2 aromatic heterocycles. The van der Waals surface area contributed by atoms with Gasteiger partial charge in [0, 0.05) is 0 Å². The lowest BCUT2D eigenvalue weighted by atomic mass is 10.1. The summed E-state index contributed by atoms with van der Waals surface area (Å²) in [5, 5.41) is 0.484. The highest BCUT2D eigenvalue weighted by Crippen LogP contribution is 2.21. The van der Waals surface area contributed by atoms with Crippen LogP contribution < -0.4 is 0 Å². The second-order valence-corrected chi connectivity index (χ2v) is 4.75. The van der Waals surface area contributed by atoms with E-state index in [2.05, 4.69) is 35.9 Å². The highest BCUT2D eigenvalue weighted by atomic mass is 35.5. The van der Waals surface area contributed by atoms with Crippen molar-refractivity contribution in [2.24, 2.45) is 0 Å². The van der Waals surface area contributed by atoms with Crippen molar-refractivity contribution in [3.63, 3.8) is 0 Å². The van der Waals surface area contributed by atoms with Crippen LogP contribution in [-0.4, -0.2) is 14.5 Å². The third-order valence-corrected chi connectivity index (χ3v) is 3.32. The van der Waals surface area contributed by atoms with Gasteiger partial charge in [0.25, 0.3) is 0 Å². The van der Waals surface area contributed by atoms with Gasteiger partial charge in [0.2, 0.25) is 0 Å². The standard InChI is InChI=1S/C14H12ClN3/c1-9-6-11-12(7-10(9)2)18(8-16-11)14-5-3-4-13(15)17-14/h3-8H,1-2H3. The molecule has 4 heteroatoms. The van der Waals surface area contributed by atoms with Crippen LogP contribution in [0.1, 0.15) is 11.1 Å². The molecule has 0 unspecified atom stereocenters. The number of aryl methyl sites for hydroxylation is 2. The van der Waals surface area contributed by atoms with Crippen molar-refractivity contribution in [2.45, 2.75) is 13.8 Å². The quantitative estimate of drug-likeness (QED) is 0.623. The molecule has 0 aliphatic carbocycles. The van der Waals surface area contributed by atoms with Crippen LogP contribution in [0.3, 0.4) is 0 Å². The Morgan fingerprint density at radius 3 is 2.67 bits per heavy atom. The number of imidazole rings is 1. The summed E-state index contributed by atoms with van der Waals surface area (Å²) >= 11 is 5.92. The summed E-state index contributed by atoms with van der Waals surface area (Å²) in [6, 6.07) is 9.78. The number of halogens is 1. The molecule has 18 heavy (non-hydrogen) atoms. The van der Waals surface area contributed by atoms with Crippen LogP contribution >= 0.6 is 11.6 Å². The number of benzene rings is 1. The van der Waals surface area contributed by atoms with Crippen molar-refractivity contribution in [2.75, 3.05) is 0 Å². The van der Waals surface area contributed by atoms with Crippen LogP contribution in [0.4, 0.5) is 0 Å². The van der Waals surface area contributed by atoms with Gasteiger partial charge in [-0.15, -0.1) is 0 Å². The summed E-state index contributed by atoms with van der Waals surface area (Å²) in [5.74, 6) is 0.785. The topological polar surface area (TPSA) is 30.7 Å². The molecule has 3 aromatic rings. The zero-order valence-electron chi connectivity index (χ0n) is 10.2. The Labute approximate surface area is 110 Å². The normalized spacial score (nSPS) is 11.1. The van der Waals surface area contributed by atoms with Crippen molar-refractivity contribution in [3.05, 3.63) is 52.9 Å². The van der Waals surface area contributed by atoms with Crippen LogP contribution in [-0.2, 0) is 0 Å². The molecule has 1 aromatic carbocycles. The zero-order chi connectivity index (χ0) is 12.7. The zero-order valence-corrected chi connectivity index (χ0v) is 10.9. The second-order valence-electron chi connectivity index (χ2n) is 4.36. The fourth-order valence-corrected chi connectivity index (χ4v) is 2.14. The number of hydrogen-bond acceptors (Lipinski definition) is 2. The highest BCUT2D eigenvalue weighted by Gasteiger charge is 2.07. The molecule has 0 aliphatic rings. The first-order valence-corrected chi connectivity index (χ1v) is 6.10. The minimum atomic E-state index is 0.484. The van der Waals surface area contributed by atoms with Crippen LogP contribution in [0.5, 0.6) is 0 Å². The third kappa shape index (κ3) is 1.77. The predicted octanol–water partition coefficient (Wildman–Crippen LogP) is 3.69. The highest BCUT2D eigenvalue weighted by molar-refractivity contribution is 6.29. The van der Waals surface area contributed by atoms with E-state index in [9.17, 15) is 0 Å². The van der Waals surface area contributed by atoms with E-state index in [-0.39, 0.29) is 0 Å². The molecule has 0 amide bonds. The monoisotopic (exact) mass is 257 g/mol. The summed E-state index contributed by atoms with van der Waals surface area (Å²) in [6.07, 6.45) is 1.78. The number of nitrogens with zero attached hydrogens (tertiary/aromatic N) is 3. The van der Waals surface area contributed by atoms with Gasteiger partial charge in [-0.2, -0.15) is 0 Å². The first-order valence-electron chi connectivity index (χ1n) is 5.72. The minimum Gasteiger partial charge on any atom is -0.283 e. The smallest absolute Gasteiger partial charge is 0.140 e. The van der Waals surface area contributed by atoms with E-state index in [1.54, 1.807) is 12.4 Å². The average Bonchev–Trinajstić information content (AvgIpc) is 2.73. The molecule has 0 atom stereocenters. The SMILES string of the molecule is Cc1cc2ncn(-c3cccc(Cl)n3)c2cc1C. The molecule has 90 valence electrons. The van der Waals surface area contributed by atoms with Crippen molar-refractivity contribution in [1.29, 1.82) is 0 Å². The van der Waals surface area contributed by atoms with Gasteiger partial charge in [-0.3, -0.25) is 4.57 Å². The summed E-state index contributed by atoms with van der Waals surface area (Å²) in [7, 11) is 0. The summed E-state index contributed by atoms with van der Waals surface area (Å²) in [5.41, 5.74) is 4.51. The largest absolute Gasteiger partial charge is 0.283 e. The molecule has 0 radical (unpaired) electrons. The molecule has 0 fully saturated rings. The Balaban J connectivity index is 2.27. The Kier molecular flexibility index (Phi) is 2.56. The predicted molar refractivity (Wildman–Crippen MR) is 73.3 cm³/mol. The van der Waals surface area contributed by atoms with Gasteiger partial charge < -0.3 is 0 Å². The van der Waals surface area contributed by atoms with E-state index in [0.717, 1.165) is 16.9 Å². The van der Waals surface area contributed by atoms with Crippen LogP contribution in [0.25, 0.3) is 16.9 Å². The molecule has 0 spiro atoms. The van der Waals surface area contributed by atoms with Gasteiger partial charge in [0.05, 0.1) is 11.0 Å². The Morgan fingerprint density at radius 1 is 1.11 bits per heavy atom. The summed E-state index contributed by atoms with van der Waals surface area (Å²) in [4.78, 5) is 8.71. The van der Waals surface area contributed by atoms with Crippen molar-refractivity contribution >= 4 is 22.6 Å². The number of rotatable bonds is 1. The van der Waals surface area contributed by atoms with Gasteiger partial charge in [0.15, 0.2) is 0 Å². The molecule has 0 aliphatic heterocycles. The minimum absolute atomic E-state index is 0.484. The van der Waals surface area contributed by atoms with Crippen molar-refractivity contribution < 1.29 is 0 Å². The van der Waals surface area contributed by atoms with Crippen LogP contribution in [0.2, 0.25) is 5.15 Å². The third-order valence-electron chi connectivity index (χ3n) is 3.11. The van der Waals surface area contributed by atoms with E-state index in [1.165, 1.54) is 11.1 Å². The number of fused-ring (bicyclic) bond motifs is 1. The van der Waals surface area contributed by atoms with E-state index in [0.29, 0.717) is 5.15 Å². The number of aromatic nitrogens is 3. The lowest BCUT2D eigenvalue weighted by molar-refractivity contribution is 1.02. The summed E-state index contributed by atoms with van der Waals surface area (Å²) < 4.78 is 1.95. The van der Waals surface area contributed by atoms with Gasteiger partial charge in [-0.1, -0.05) is 17.7 Å². The van der Waals surface area contributed by atoms with E-state index in [4.69, 9.17) is 11.6 Å². The lowest BCUT2D eigenvalue weighted by Gasteiger charge is -2.05. The molecular weight excluding hydrogens is 246 g/mol. The molecule has 0 N–H and O–H groups in total. The molecule has 0 saturated heterocycles. The fraction of sp³-hybridized carbons (Fsp3) is 0.143. The fourth-order valence-electron chi connectivity index (χ4n) is 1.98. The van der Waals surface area contributed by atoms with Gasteiger partial charge in [0.1, 0.15) is 17.3 Å². The maximum absolute atomic E-state index is 5.92. The molecule has 3 nitrogen and oxygen atoms in total. The number of hydrogen-bond donors (Lipinski definition) is 0.